The van der Waals surface area contributed by atoms with Crippen LogP contribution in [0.2, 0.25) is 0 Å². The molecule has 6 heterocycles. The van der Waals surface area contributed by atoms with E-state index in [-0.39, 0.29) is 0 Å². The monoisotopic (exact) mass is 1660 g/mol. The molecule has 0 radical (unpaired) electrons. The van der Waals surface area contributed by atoms with Gasteiger partial charge in [-0.25, -0.2) is 0 Å². The lowest BCUT2D eigenvalue weighted by Crippen LogP contribution is -1.96. The molecule has 25 aromatic rings. The van der Waals surface area contributed by atoms with E-state index in [1.54, 1.807) is 0 Å². The van der Waals surface area contributed by atoms with Crippen LogP contribution in [0.25, 0.3) is 222 Å². The summed E-state index contributed by atoms with van der Waals surface area (Å²) >= 11 is 5.73. The molecule has 0 unspecified atom stereocenters. The zero-order valence-electron chi connectivity index (χ0n) is 68.7. The molecule has 0 saturated carbocycles. The summed E-state index contributed by atoms with van der Waals surface area (Å²) in [6.07, 6.45) is 0. The van der Waals surface area contributed by atoms with Gasteiger partial charge in [0.2, 0.25) is 0 Å². The molecule has 25 rings (SSSR count). The van der Waals surface area contributed by atoms with Crippen LogP contribution >= 0.6 is 34.0 Å². The van der Waals surface area contributed by atoms with Gasteiger partial charge in [0.25, 0.3) is 0 Å². The van der Waals surface area contributed by atoms with Gasteiger partial charge in [-0.05, 0) is 157 Å². The molecule has 0 spiro atoms. The van der Waals surface area contributed by atoms with Gasteiger partial charge in [0, 0.05) is 111 Å². The average molecular weight is 1660 g/mol. The Labute approximate surface area is 743 Å². The predicted octanol–water partition coefficient (Wildman–Crippen LogP) is 34.7. The molecular weight excluding hydrogens is 1580 g/mol. The Kier molecular flexibility index (Phi) is 19.6. The van der Waals surface area contributed by atoms with E-state index in [0.29, 0.717) is 0 Å². The highest BCUT2D eigenvalue weighted by molar-refractivity contribution is 7.25. The van der Waals surface area contributed by atoms with Crippen molar-refractivity contribution in [2.24, 2.45) is 0 Å². The molecule has 0 atom stereocenters. The summed E-state index contributed by atoms with van der Waals surface area (Å²) in [5, 5.41) is 11.7. The summed E-state index contributed by atoms with van der Waals surface area (Å²) in [7, 11) is 0. The molecule has 592 valence electrons. The van der Waals surface area contributed by atoms with Crippen LogP contribution in [-0.4, -0.2) is 13.7 Å². The first kappa shape index (κ1) is 75.4. The number of fused-ring (bicyclic) bond motifs is 15. The minimum absolute atomic E-state index is 1.16. The Bertz CT molecular complexity index is 8250. The van der Waals surface area contributed by atoms with Crippen LogP contribution in [-0.2, 0) is 0 Å². The lowest BCUT2D eigenvalue weighted by atomic mass is 9.97. The molecule has 3 nitrogen and oxygen atoms in total. The van der Waals surface area contributed by atoms with Crippen molar-refractivity contribution in [3.8, 4) is 126 Å². The summed E-state index contributed by atoms with van der Waals surface area (Å²) in [6.45, 7) is 0. The molecule has 0 amide bonds. The van der Waals surface area contributed by atoms with E-state index in [0.717, 1.165) is 5.69 Å². The van der Waals surface area contributed by atoms with Crippen molar-refractivity contribution < 1.29 is 0 Å². The minimum Gasteiger partial charge on any atom is -0.309 e. The molecule has 0 saturated heterocycles. The number of nitrogens with zero attached hydrogens (tertiary/aromatic N) is 3. The van der Waals surface area contributed by atoms with Gasteiger partial charge < -0.3 is 13.7 Å². The van der Waals surface area contributed by atoms with E-state index in [1.165, 1.54) is 216 Å². The Morgan fingerprint density at radius 3 is 0.714 bits per heavy atom. The van der Waals surface area contributed by atoms with Gasteiger partial charge in [0.05, 0.1) is 33.1 Å². The van der Waals surface area contributed by atoms with Crippen molar-refractivity contribution in [3.63, 3.8) is 0 Å². The third-order valence-corrected chi connectivity index (χ3v) is 28.4. The number of benzene rings is 19. The van der Waals surface area contributed by atoms with Gasteiger partial charge >= 0.3 is 0 Å². The highest BCUT2D eigenvalue weighted by atomic mass is 32.1. The molecular formula is C120H79N3S3. The molecule has 6 aromatic heterocycles. The van der Waals surface area contributed by atoms with Crippen LogP contribution in [0.5, 0.6) is 0 Å². The highest BCUT2D eigenvalue weighted by Crippen LogP contribution is 2.54. The van der Waals surface area contributed by atoms with Crippen LogP contribution in [0.1, 0.15) is 0 Å². The maximum atomic E-state index is 2.47. The van der Waals surface area contributed by atoms with E-state index >= 15 is 0 Å². The summed E-state index contributed by atoms with van der Waals surface area (Å²) in [4.78, 5) is 3.94. The van der Waals surface area contributed by atoms with Gasteiger partial charge in [0.15, 0.2) is 0 Å². The van der Waals surface area contributed by atoms with Crippen LogP contribution in [0, 0.1) is 0 Å². The van der Waals surface area contributed by atoms with Crippen LogP contribution in [0.3, 0.4) is 0 Å². The van der Waals surface area contributed by atoms with Gasteiger partial charge in [-0.1, -0.05) is 400 Å². The van der Waals surface area contributed by atoms with Crippen molar-refractivity contribution in [1.29, 1.82) is 0 Å². The molecule has 126 heavy (non-hydrogen) atoms. The third kappa shape index (κ3) is 13.5. The van der Waals surface area contributed by atoms with E-state index < -0.39 is 0 Å². The highest BCUT2D eigenvalue weighted by Gasteiger charge is 2.27. The number of thiophene rings is 3. The fourth-order valence-electron chi connectivity index (χ4n) is 18.9. The Balaban J connectivity index is 0.000000109. The minimum atomic E-state index is 1.16. The summed E-state index contributed by atoms with van der Waals surface area (Å²) < 4.78 is 11.3. The second-order valence-electron chi connectivity index (χ2n) is 32.0. The zero-order valence-corrected chi connectivity index (χ0v) is 71.1. The van der Waals surface area contributed by atoms with Gasteiger partial charge in [-0.3, -0.25) is 0 Å². The van der Waals surface area contributed by atoms with Crippen molar-refractivity contribution in [2.75, 3.05) is 0 Å². The quantitative estimate of drug-likeness (QED) is 0.109. The van der Waals surface area contributed by atoms with Crippen LogP contribution in [0.15, 0.2) is 479 Å². The van der Waals surface area contributed by atoms with Crippen LogP contribution < -0.4 is 0 Å². The van der Waals surface area contributed by atoms with Crippen molar-refractivity contribution in [3.05, 3.63) is 479 Å². The number of hydrogen-bond donors (Lipinski definition) is 0. The fourth-order valence-corrected chi connectivity index (χ4v) is 23.1. The SMILES string of the molecule is c1ccc(-c2cc(-c3ccccc3)cc(-n3c4ccccc4c4c5sc(-c6ccccc6)c(-c6ccccc6)c5ccc43)c2)cc1.c1ccc(-c2ccc(-n3c4ccccc4c4c5sc(-c6ccccc6)c(-c6ccccc6)c5ccc43)cc2)cc1.c1ccc(-c2cccc(-n3c4ccccc4c4c5sc(-c6ccccc6)c(-c6ccccc6)c5ccc43)c2)cc1. The molecule has 0 fully saturated rings. The molecule has 19 aromatic carbocycles. The van der Waals surface area contributed by atoms with Crippen molar-refractivity contribution in [1.82, 2.24) is 13.7 Å². The Morgan fingerprint density at radius 1 is 0.135 bits per heavy atom. The largest absolute Gasteiger partial charge is 0.309 e. The average Bonchev–Trinajstić information content (AvgIpc) is 1.57. The van der Waals surface area contributed by atoms with E-state index in [1.807, 2.05) is 34.0 Å². The molecule has 0 bridgehead atoms. The number of para-hydroxylation sites is 3. The van der Waals surface area contributed by atoms with E-state index in [2.05, 4.69) is 493 Å². The summed E-state index contributed by atoms with van der Waals surface area (Å²) in [5.74, 6) is 0. The van der Waals surface area contributed by atoms with E-state index in [4.69, 9.17) is 0 Å². The molecule has 6 heteroatoms. The maximum absolute atomic E-state index is 2.47. The number of hydrogen-bond acceptors (Lipinski definition) is 3. The fraction of sp³-hybridized carbons (Fsp3) is 0. The number of rotatable bonds is 13. The first-order valence-electron chi connectivity index (χ1n) is 42.9. The van der Waals surface area contributed by atoms with Crippen molar-refractivity contribution in [2.45, 2.75) is 0 Å². The first-order chi connectivity index (χ1) is 62.6. The van der Waals surface area contributed by atoms with Gasteiger partial charge in [-0.15, -0.1) is 34.0 Å². The third-order valence-electron chi connectivity index (χ3n) is 24.6. The Morgan fingerprint density at radius 2 is 0.381 bits per heavy atom. The van der Waals surface area contributed by atoms with Crippen molar-refractivity contribution >= 4 is 130 Å². The number of aromatic nitrogens is 3. The van der Waals surface area contributed by atoms with Gasteiger partial charge in [0.1, 0.15) is 0 Å². The zero-order chi connectivity index (χ0) is 83.4. The Hall–Kier alpha value is -15.5. The smallest absolute Gasteiger partial charge is 0.0555 e. The molecule has 0 aliphatic rings. The topological polar surface area (TPSA) is 14.8 Å². The van der Waals surface area contributed by atoms with E-state index in [9.17, 15) is 0 Å². The van der Waals surface area contributed by atoms with Gasteiger partial charge in [-0.2, -0.15) is 0 Å². The summed E-state index contributed by atoms with van der Waals surface area (Å²) in [5.41, 5.74) is 32.1. The first-order valence-corrected chi connectivity index (χ1v) is 45.4. The summed E-state index contributed by atoms with van der Waals surface area (Å²) in [6, 6.07) is 173. The lowest BCUT2D eigenvalue weighted by Gasteiger charge is -2.14. The second-order valence-corrected chi connectivity index (χ2v) is 35.1. The standard InChI is InChI=1S/C44H29NS.2C38H25NS/c1-5-15-30(16-6-1)34-27-35(31-17-7-2-8-18-31)29-36(28-34)45-39-24-14-13-23-37(39)42-40(45)26-25-38-41(32-19-9-3-10-20-32)43(46-44(38)42)33-21-11-4-12-22-33;1-4-13-26(14-5-1)29-19-12-20-30(25-29)39-33-22-11-10-21-31(33)36-34(39)24-23-32-35(27-15-6-2-7-16-27)37(40-38(32)36)28-17-8-3-9-18-28;1-4-12-26(13-5-1)27-20-22-30(23-21-27)39-33-19-11-10-18-31(33)36-34(39)25-24-32-35(28-14-6-2-7-15-28)37(40-38(32)36)29-16-8-3-9-17-29/h1-29H;2*1-25H. The molecule has 0 aliphatic heterocycles. The molecule has 0 N–H and O–H groups in total. The lowest BCUT2D eigenvalue weighted by molar-refractivity contribution is 1.18. The maximum Gasteiger partial charge on any atom is 0.0555 e. The second kappa shape index (κ2) is 32.7. The normalized spacial score (nSPS) is 11.5. The van der Waals surface area contributed by atoms with Crippen LogP contribution in [0.4, 0.5) is 0 Å². The molecule has 0 aliphatic carbocycles. The predicted molar refractivity (Wildman–Crippen MR) is 543 cm³/mol.